The molecule has 1 aromatic carbocycles. The van der Waals surface area contributed by atoms with E-state index in [1.54, 1.807) is 12.1 Å². The third-order valence-corrected chi connectivity index (χ3v) is 3.13. The lowest BCUT2D eigenvalue weighted by molar-refractivity contribution is -0.137. The first kappa shape index (κ1) is 13.4. The van der Waals surface area contributed by atoms with E-state index < -0.39 is 5.97 Å². The zero-order valence-corrected chi connectivity index (χ0v) is 10.8. The topological polar surface area (TPSA) is 78.4 Å². The SMILES string of the molecule is CC(CC(=O)O)c1ccc(NC(=O)NC2CC2)cc1. The van der Waals surface area contributed by atoms with E-state index in [0.717, 1.165) is 18.4 Å². The lowest BCUT2D eigenvalue weighted by atomic mass is 9.98. The zero-order valence-electron chi connectivity index (χ0n) is 10.8. The number of aliphatic carboxylic acids is 1. The molecular formula is C14H18N2O3. The molecule has 0 spiro atoms. The number of amides is 2. The Morgan fingerprint density at radius 1 is 1.32 bits per heavy atom. The minimum atomic E-state index is -0.807. The molecule has 1 saturated carbocycles. The molecule has 1 fully saturated rings. The highest BCUT2D eigenvalue weighted by Crippen LogP contribution is 2.21. The summed E-state index contributed by atoms with van der Waals surface area (Å²) in [4.78, 5) is 22.2. The van der Waals surface area contributed by atoms with E-state index in [4.69, 9.17) is 5.11 Å². The molecule has 102 valence electrons. The van der Waals surface area contributed by atoms with Gasteiger partial charge in [0.25, 0.3) is 0 Å². The number of hydrogen-bond acceptors (Lipinski definition) is 2. The number of nitrogens with one attached hydrogen (secondary N) is 2. The summed E-state index contributed by atoms with van der Waals surface area (Å²) in [6.45, 7) is 1.87. The first-order valence-corrected chi connectivity index (χ1v) is 6.44. The van der Waals surface area contributed by atoms with Gasteiger partial charge in [-0.05, 0) is 36.5 Å². The van der Waals surface area contributed by atoms with Crippen molar-refractivity contribution in [1.29, 1.82) is 0 Å². The molecule has 5 heteroatoms. The molecule has 1 unspecified atom stereocenters. The summed E-state index contributed by atoms with van der Waals surface area (Å²) in [5.74, 6) is -0.842. The Balaban J connectivity index is 1.89. The van der Waals surface area contributed by atoms with Crippen LogP contribution >= 0.6 is 0 Å². The molecule has 0 bridgehead atoms. The Kier molecular flexibility index (Phi) is 4.04. The summed E-state index contributed by atoms with van der Waals surface area (Å²) >= 11 is 0. The molecular weight excluding hydrogens is 244 g/mol. The molecule has 1 atom stereocenters. The molecule has 1 aromatic rings. The maximum Gasteiger partial charge on any atom is 0.319 e. The van der Waals surface area contributed by atoms with Crippen LogP contribution in [-0.4, -0.2) is 23.1 Å². The van der Waals surface area contributed by atoms with Gasteiger partial charge in [0.2, 0.25) is 0 Å². The van der Waals surface area contributed by atoms with Gasteiger partial charge in [-0.3, -0.25) is 4.79 Å². The Bertz CT molecular complexity index is 466. The number of urea groups is 1. The van der Waals surface area contributed by atoms with Gasteiger partial charge in [0.1, 0.15) is 0 Å². The molecule has 2 rings (SSSR count). The molecule has 0 aliphatic heterocycles. The smallest absolute Gasteiger partial charge is 0.319 e. The van der Waals surface area contributed by atoms with Crippen LogP contribution in [0, 0.1) is 0 Å². The van der Waals surface area contributed by atoms with Crippen LogP contribution in [-0.2, 0) is 4.79 Å². The van der Waals surface area contributed by atoms with Crippen LogP contribution < -0.4 is 10.6 Å². The van der Waals surface area contributed by atoms with Crippen LogP contribution in [0.5, 0.6) is 0 Å². The number of carboxylic acid groups (broad SMARTS) is 1. The first-order valence-electron chi connectivity index (χ1n) is 6.44. The highest BCUT2D eigenvalue weighted by Gasteiger charge is 2.23. The zero-order chi connectivity index (χ0) is 13.8. The van der Waals surface area contributed by atoms with E-state index in [2.05, 4.69) is 10.6 Å². The number of benzene rings is 1. The van der Waals surface area contributed by atoms with Crippen LogP contribution in [0.15, 0.2) is 24.3 Å². The Morgan fingerprint density at radius 2 is 1.95 bits per heavy atom. The number of carbonyl (C=O) groups is 2. The molecule has 0 heterocycles. The van der Waals surface area contributed by atoms with Crippen LogP contribution in [0.1, 0.15) is 37.7 Å². The predicted molar refractivity (Wildman–Crippen MR) is 72.3 cm³/mol. The van der Waals surface area contributed by atoms with Gasteiger partial charge in [0, 0.05) is 11.7 Å². The number of carboxylic acids is 1. The molecule has 0 radical (unpaired) electrons. The van der Waals surface area contributed by atoms with Crippen molar-refractivity contribution < 1.29 is 14.7 Å². The third-order valence-electron chi connectivity index (χ3n) is 3.13. The van der Waals surface area contributed by atoms with Crippen LogP contribution in [0.25, 0.3) is 0 Å². The van der Waals surface area contributed by atoms with Crippen molar-refractivity contribution in [2.75, 3.05) is 5.32 Å². The molecule has 5 nitrogen and oxygen atoms in total. The van der Waals surface area contributed by atoms with Crippen molar-refractivity contribution in [1.82, 2.24) is 5.32 Å². The highest BCUT2D eigenvalue weighted by molar-refractivity contribution is 5.89. The van der Waals surface area contributed by atoms with E-state index >= 15 is 0 Å². The fourth-order valence-electron chi connectivity index (χ4n) is 1.86. The number of hydrogen-bond donors (Lipinski definition) is 3. The average Bonchev–Trinajstić information content (AvgIpc) is 3.12. The number of anilines is 1. The van der Waals surface area contributed by atoms with Crippen molar-refractivity contribution >= 4 is 17.7 Å². The minimum Gasteiger partial charge on any atom is -0.481 e. The first-order chi connectivity index (χ1) is 9.04. The Hall–Kier alpha value is -2.04. The molecule has 3 N–H and O–H groups in total. The van der Waals surface area contributed by atoms with Gasteiger partial charge >= 0.3 is 12.0 Å². The Labute approximate surface area is 112 Å². The minimum absolute atomic E-state index is 0.0353. The van der Waals surface area contributed by atoms with Gasteiger partial charge in [-0.2, -0.15) is 0 Å². The van der Waals surface area contributed by atoms with E-state index in [-0.39, 0.29) is 18.4 Å². The second-order valence-electron chi connectivity index (χ2n) is 4.99. The lowest BCUT2D eigenvalue weighted by Gasteiger charge is -2.11. The molecule has 1 aliphatic rings. The fourth-order valence-corrected chi connectivity index (χ4v) is 1.86. The van der Waals surface area contributed by atoms with Crippen molar-refractivity contribution in [3.05, 3.63) is 29.8 Å². The summed E-state index contributed by atoms with van der Waals surface area (Å²) < 4.78 is 0. The van der Waals surface area contributed by atoms with E-state index in [1.807, 2.05) is 19.1 Å². The maximum absolute atomic E-state index is 11.5. The van der Waals surface area contributed by atoms with Gasteiger partial charge in [-0.1, -0.05) is 19.1 Å². The van der Waals surface area contributed by atoms with E-state index in [1.165, 1.54) is 0 Å². The third kappa shape index (κ3) is 4.28. The molecule has 1 aliphatic carbocycles. The average molecular weight is 262 g/mol. The van der Waals surface area contributed by atoms with Crippen molar-refractivity contribution in [2.45, 2.75) is 38.1 Å². The highest BCUT2D eigenvalue weighted by atomic mass is 16.4. The van der Waals surface area contributed by atoms with Gasteiger partial charge in [-0.15, -0.1) is 0 Å². The molecule has 0 saturated heterocycles. The van der Waals surface area contributed by atoms with Gasteiger partial charge in [-0.25, -0.2) is 4.79 Å². The summed E-state index contributed by atoms with van der Waals surface area (Å²) in [6.07, 6.45) is 2.22. The van der Waals surface area contributed by atoms with Crippen LogP contribution in [0.2, 0.25) is 0 Å². The van der Waals surface area contributed by atoms with Gasteiger partial charge in [0.05, 0.1) is 6.42 Å². The van der Waals surface area contributed by atoms with Crippen LogP contribution in [0.3, 0.4) is 0 Å². The van der Waals surface area contributed by atoms with Gasteiger partial charge in [0.15, 0.2) is 0 Å². The van der Waals surface area contributed by atoms with E-state index in [9.17, 15) is 9.59 Å². The maximum atomic E-state index is 11.5. The number of carbonyl (C=O) groups excluding carboxylic acids is 1. The quantitative estimate of drug-likeness (QED) is 0.763. The standard InChI is InChI=1S/C14H18N2O3/c1-9(8-13(17)18)10-2-4-11(5-3-10)15-14(19)16-12-6-7-12/h2-5,9,12H,6-8H2,1H3,(H,17,18)(H2,15,16,19). The predicted octanol–water partition coefficient (Wildman–Crippen LogP) is 2.55. The monoisotopic (exact) mass is 262 g/mol. The van der Waals surface area contributed by atoms with Crippen molar-refractivity contribution in [2.24, 2.45) is 0 Å². The summed E-state index contributed by atoms with van der Waals surface area (Å²) in [5.41, 5.74) is 1.67. The van der Waals surface area contributed by atoms with Crippen molar-refractivity contribution in [3.63, 3.8) is 0 Å². The summed E-state index contributed by atoms with van der Waals surface area (Å²) in [6, 6.07) is 7.42. The normalized spacial score (nSPS) is 15.6. The summed E-state index contributed by atoms with van der Waals surface area (Å²) in [7, 11) is 0. The van der Waals surface area contributed by atoms with E-state index in [0.29, 0.717) is 11.7 Å². The second-order valence-corrected chi connectivity index (χ2v) is 4.99. The second kappa shape index (κ2) is 5.73. The largest absolute Gasteiger partial charge is 0.481 e. The molecule has 0 aromatic heterocycles. The lowest BCUT2D eigenvalue weighted by Crippen LogP contribution is -2.30. The Morgan fingerprint density at radius 3 is 2.47 bits per heavy atom. The molecule has 19 heavy (non-hydrogen) atoms. The van der Waals surface area contributed by atoms with Crippen molar-refractivity contribution in [3.8, 4) is 0 Å². The number of rotatable bonds is 5. The van der Waals surface area contributed by atoms with Gasteiger partial charge < -0.3 is 15.7 Å². The van der Waals surface area contributed by atoms with Crippen LogP contribution in [0.4, 0.5) is 10.5 Å². The fraction of sp³-hybridized carbons (Fsp3) is 0.429. The summed E-state index contributed by atoms with van der Waals surface area (Å²) in [5, 5.41) is 14.3. The molecule has 2 amide bonds.